The first kappa shape index (κ1) is 13.1. The maximum atomic E-state index is 12.1. The molecule has 0 bridgehead atoms. The Labute approximate surface area is 113 Å². The monoisotopic (exact) mass is 252 g/mol. The van der Waals surface area contributed by atoms with Crippen LogP contribution in [-0.2, 0) is 0 Å². The first-order valence-electron chi connectivity index (χ1n) is 6.13. The van der Waals surface area contributed by atoms with Crippen molar-refractivity contribution in [1.29, 1.82) is 0 Å². The van der Waals surface area contributed by atoms with Crippen LogP contribution in [0, 0.1) is 6.92 Å². The SMILES string of the molecule is COc1ccc(C(=O)C=Cc2ccccc2)c(C)c1. The lowest BCUT2D eigenvalue weighted by atomic mass is 10.0. The molecule has 0 amide bonds. The summed E-state index contributed by atoms with van der Waals surface area (Å²) in [6.07, 6.45) is 3.43. The van der Waals surface area contributed by atoms with Crippen LogP contribution in [0.5, 0.6) is 5.75 Å². The average Bonchev–Trinajstić information content (AvgIpc) is 2.45. The molecule has 2 heteroatoms. The minimum Gasteiger partial charge on any atom is -0.497 e. The summed E-state index contributed by atoms with van der Waals surface area (Å²) in [4.78, 5) is 12.1. The van der Waals surface area contributed by atoms with Gasteiger partial charge in [0.15, 0.2) is 5.78 Å². The Balaban J connectivity index is 2.19. The molecule has 0 saturated heterocycles. The Morgan fingerprint density at radius 1 is 1.11 bits per heavy atom. The lowest BCUT2D eigenvalue weighted by molar-refractivity contribution is 0.104. The Kier molecular flexibility index (Phi) is 4.14. The zero-order valence-corrected chi connectivity index (χ0v) is 11.1. The van der Waals surface area contributed by atoms with Crippen molar-refractivity contribution in [3.63, 3.8) is 0 Å². The topological polar surface area (TPSA) is 26.3 Å². The molecule has 0 radical (unpaired) electrons. The molecule has 2 nitrogen and oxygen atoms in total. The van der Waals surface area contributed by atoms with Gasteiger partial charge in [0.1, 0.15) is 5.75 Å². The Morgan fingerprint density at radius 2 is 1.84 bits per heavy atom. The molecule has 0 aliphatic rings. The van der Waals surface area contributed by atoms with E-state index in [1.54, 1.807) is 25.3 Å². The first-order chi connectivity index (χ1) is 9.20. The van der Waals surface area contributed by atoms with E-state index in [1.165, 1.54) is 0 Å². The lowest BCUT2D eigenvalue weighted by Gasteiger charge is -2.05. The van der Waals surface area contributed by atoms with Gasteiger partial charge in [0.05, 0.1) is 7.11 Å². The van der Waals surface area contributed by atoms with Crippen LogP contribution in [0.25, 0.3) is 6.08 Å². The number of hydrogen-bond acceptors (Lipinski definition) is 2. The zero-order chi connectivity index (χ0) is 13.7. The van der Waals surface area contributed by atoms with Gasteiger partial charge in [-0.3, -0.25) is 4.79 Å². The van der Waals surface area contributed by atoms with Crippen molar-refractivity contribution >= 4 is 11.9 Å². The molecule has 0 aliphatic carbocycles. The molecule has 0 unspecified atom stereocenters. The predicted molar refractivity (Wildman–Crippen MR) is 77.5 cm³/mol. The minimum absolute atomic E-state index is 0.00371. The molecule has 2 rings (SSSR count). The second-order valence-electron chi connectivity index (χ2n) is 4.29. The van der Waals surface area contributed by atoms with Gasteiger partial charge in [-0.2, -0.15) is 0 Å². The fraction of sp³-hybridized carbons (Fsp3) is 0.118. The molecule has 0 spiro atoms. The molecule has 0 N–H and O–H groups in total. The summed E-state index contributed by atoms with van der Waals surface area (Å²) in [6, 6.07) is 15.2. The third-order valence-corrected chi connectivity index (χ3v) is 2.93. The molecule has 96 valence electrons. The number of benzene rings is 2. The number of rotatable bonds is 4. The van der Waals surface area contributed by atoms with Gasteiger partial charge in [-0.05, 0) is 42.3 Å². The van der Waals surface area contributed by atoms with E-state index in [-0.39, 0.29) is 5.78 Å². The second kappa shape index (κ2) is 6.01. The highest BCUT2D eigenvalue weighted by molar-refractivity contribution is 6.07. The van der Waals surface area contributed by atoms with E-state index >= 15 is 0 Å². The fourth-order valence-corrected chi connectivity index (χ4v) is 1.87. The number of carbonyl (C=O) groups excluding carboxylic acids is 1. The van der Waals surface area contributed by atoms with Gasteiger partial charge in [-0.25, -0.2) is 0 Å². The Hall–Kier alpha value is -2.35. The van der Waals surface area contributed by atoms with Crippen LogP contribution in [0.1, 0.15) is 21.5 Å². The van der Waals surface area contributed by atoms with Crippen LogP contribution in [0.3, 0.4) is 0 Å². The van der Waals surface area contributed by atoms with Crippen molar-refractivity contribution in [1.82, 2.24) is 0 Å². The van der Waals surface area contributed by atoms with Crippen molar-refractivity contribution in [3.05, 3.63) is 71.3 Å². The Morgan fingerprint density at radius 3 is 2.47 bits per heavy atom. The largest absolute Gasteiger partial charge is 0.497 e. The smallest absolute Gasteiger partial charge is 0.186 e. The molecular weight excluding hydrogens is 236 g/mol. The standard InChI is InChI=1S/C17H16O2/c1-13-12-15(19-2)9-10-16(13)17(18)11-8-14-6-4-3-5-7-14/h3-12H,1-2H3. The number of ketones is 1. The molecule has 0 fully saturated rings. The lowest BCUT2D eigenvalue weighted by Crippen LogP contribution is -1.98. The third kappa shape index (κ3) is 3.32. The van der Waals surface area contributed by atoms with E-state index in [4.69, 9.17) is 4.74 Å². The van der Waals surface area contributed by atoms with Gasteiger partial charge in [0.25, 0.3) is 0 Å². The fourth-order valence-electron chi connectivity index (χ4n) is 1.87. The highest BCUT2D eigenvalue weighted by atomic mass is 16.5. The summed E-state index contributed by atoms with van der Waals surface area (Å²) in [5.74, 6) is 0.769. The maximum Gasteiger partial charge on any atom is 0.186 e. The van der Waals surface area contributed by atoms with Gasteiger partial charge in [0, 0.05) is 5.56 Å². The summed E-state index contributed by atoms with van der Waals surface area (Å²) in [6.45, 7) is 1.91. The molecule has 19 heavy (non-hydrogen) atoms. The number of ether oxygens (including phenoxy) is 1. The third-order valence-electron chi connectivity index (χ3n) is 2.93. The van der Waals surface area contributed by atoms with Crippen LogP contribution in [0.4, 0.5) is 0 Å². The summed E-state index contributed by atoms with van der Waals surface area (Å²) >= 11 is 0. The van der Waals surface area contributed by atoms with E-state index in [0.29, 0.717) is 5.56 Å². The van der Waals surface area contributed by atoms with Crippen molar-refractivity contribution < 1.29 is 9.53 Å². The van der Waals surface area contributed by atoms with Crippen molar-refractivity contribution in [2.75, 3.05) is 7.11 Å². The normalized spacial score (nSPS) is 10.6. The van der Waals surface area contributed by atoms with Crippen LogP contribution in [-0.4, -0.2) is 12.9 Å². The summed E-state index contributed by atoms with van der Waals surface area (Å²) in [5, 5.41) is 0. The number of methoxy groups -OCH3 is 1. The van der Waals surface area contributed by atoms with Gasteiger partial charge >= 0.3 is 0 Å². The number of allylic oxidation sites excluding steroid dienone is 1. The van der Waals surface area contributed by atoms with Crippen LogP contribution in [0.2, 0.25) is 0 Å². The predicted octanol–water partition coefficient (Wildman–Crippen LogP) is 3.90. The van der Waals surface area contributed by atoms with Gasteiger partial charge in [-0.1, -0.05) is 36.4 Å². The number of hydrogen-bond donors (Lipinski definition) is 0. The second-order valence-corrected chi connectivity index (χ2v) is 4.29. The van der Waals surface area contributed by atoms with Crippen molar-refractivity contribution in [2.24, 2.45) is 0 Å². The Bertz CT molecular complexity index is 598. The minimum atomic E-state index is 0.00371. The molecule has 0 aromatic heterocycles. The molecule has 0 saturated carbocycles. The van der Waals surface area contributed by atoms with E-state index in [9.17, 15) is 4.79 Å². The highest BCUT2D eigenvalue weighted by Crippen LogP contribution is 2.18. The van der Waals surface area contributed by atoms with E-state index < -0.39 is 0 Å². The number of carbonyl (C=O) groups is 1. The van der Waals surface area contributed by atoms with E-state index in [0.717, 1.165) is 16.9 Å². The first-order valence-corrected chi connectivity index (χ1v) is 6.13. The van der Waals surface area contributed by atoms with E-state index in [2.05, 4.69) is 0 Å². The van der Waals surface area contributed by atoms with Crippen molar-refractivity contribution in [3.8, 4) is 5.75 Å². The van der Waals surface area contributed by atoms with Gasteiger partial charge in [0.2, 0.25) is 0 Å². The quantitative estimate of drug-likeness (QED) is 0.609. The van der Waals surface area contributed by atoms with Crippen molar-refractivity contribution in [2.45, 2.75) is 6.92 Å². The molecule has 2 aromatic rings. The van der Waals surface area contributed by atoms with Crippen LogP contribution >= 0.6 is 0 Å². The van der Waals surface area contributed by atoms with Crippen LogP contribution < -0.4 is 4.74 Å². The zero-order valence-electron chi connectivity index (χ0n) is 11.1. The molecule has 2 aromatic carbocycles. The number of aryl methyl sites for hydroxylation is 1. The molecule has 0 atom stereocenters. The van der Waals surface area contributed by atoms with Gasteiger partial charge in [-0.15, -0.1) is 0 Å². The summed E-state index contributed by atoms with van der Waals surface area (Å²) < 4.78 is 5.13. The summed E-state index contributed by atoms with van der Waals surface area (Å²) in [5.41, 5.74) is 2.64. The highest BCUT2D eigenvalue weighted by Gasteiger charge is 2.06. The molecule has 0 heterocycles. The van der Waals surface area contributed by atoms with E-state index in [1.807, 2.05) is 49.4 Å². The van der Waals surface area contributed by atoms with Crippen LogP contribution in [0.15, 0.2) is 54.6 Å². The molecular formula is C17H16O2. The summed E-state index contributed by atoms with van der Waals surface area (Å²) in [7, 11) is 1.62. The molecule has 0 aliphatic heterocycles. The maximum absolute atomic E-state index is 12.1. The average molecular weight is 252 g/mol. The van der Waals surface area contributed by atoms with Gasteiger partial charge < -0.3 is 4.74 Å².